The fourth-order valence-electron chi connectivity index (χ4n) is 2.32. The maximum atomic E-state index is 11.8. The Kier molecular flexibility index (Phi) is 4.86. The minimum absolute atomic E-state index is 0.143. The van der Waals surface area contributed by atoms with Crippen molar-refractivity contribution in [1.82, 2.24) is 5.32 Å². The average Bonchev–Trinajstić information content (AvgIpc) is 2.48. The van der Waals surface area contributed by atoms with Crippen molar-refractivity contribution in [3.63, 3.8) is 0 Å². The molecule has 0 bridgehead atoms. The average molecular weight is 303 g/mol. The van der Waals surface area contributed by atoms with Gasteiger partial charge in [-0.25, -0.2) is 0 Å². The molecule has 1 unspecified atom stereocenters. The van der Waals surface area contributed by atoms with Crippen LogP contribution in [0.25, 0.3) is 0 Å². The quantitative estimate of drug-likeness (QED) is 0.889. The second-order valence-electron chi connectivity index (χ2n) is 5.00. The molecule has 21 heavy (non-hydrogen) atoms. The summed E-state index contributed by atoms with van der Waals surface area (Å²) in [5.74, 6) is -0.188. The van der Waals surface area contributed by atoms with Crippen LogP contribution in [-0.2, 0) is 0 Å². The van der Waals surface area contributed by atoms with Crippen LogP contribution in [-0.4, -0.2) is 13.0 Å². The normalized spacial score (nSPS) is 11.8. The molecule has 0 heterocycles. The highest BCUT2D eigenvalue weighted by Gasteiger charge is 2.12. The number of halogens is 1. The third-order valence-electron chi connectivity index (χ3n) is 3.48. The minimum Gasteiger partial charge on any atom is -0.378 e. The first-order valence-electron chi connectivity index (χ1n) is 6.86. The van der Waals surface area contributed by atoms with Crippen LogP contribution >= 0.6 is 11.6 Å². The maximum absolute atomic E-state index is 11.8. The lowest BCUT2D eigenvalue weighted by Gasteiger charge is -2.18. The zero-order valence-electron chi connectivity index (χ0n) is 12.4. The van der Waals surface area contributed by atoms with E-state index >= 15 is 0 Å². The smallest absolute Gasteiger partial charge is 0.252 e. The van der Waals surface area contributed by atoms with E-state index in [-0.39, 0.29) is 11.9 Å². The SMILES string of the molecule is CNC(=O)c1cc(NC(C)c2ccccc2C)ccc1Cl. The summed E-state index contributed by atoms with van der Waals surface area (Å²) < 4.78 is 0. The number of hydrogen-bond donors (Lipinski definition) is 2. The van der Waals surface area contributed by atoms with Gasteiger partial charge in [-0.05, 0) is 43.2 Å². The topological polar surface area (TPSA) is 41.1 Å². The second-order valence-corrected chi connectivity index (χ2v) is 5.40. The van der Waals surface area contributed by atoms with Crippen molar-refractivity contribution < 1.29 is 4.79 Å². The largest absolute Gasteiger partial charge is 0.378 e. The van der Waals surface area contributed by atoms with Gasteiger partial charge >= 0.3 is 0 Å². The molecular weight excluding hydrogens is 284 g/mol. The molecule has 2 aromatic carbocycles. The van der Waals surface area contributed by atoms with E-state index < -0.39 is 0 Å². The Labute approximate surface area is 130 Å². The van der Waals surface area contributed by atoms with E-state index in [0.29, 0.717) is 10.6 Å². The predicted molar refractivity (Wildman–Crippen MR) is 88.1 cm³/mol. The van der Waals surface area contributed by atoms with Crippen molar-refractivity contribution in [3.05, 3.63) is 64.2 Å². The van der Waals surface area contributed by atoms with Crippen molar-refractivity contribution in [1.29, 1.82) is 0 Å². The number of benzene rings is 2. The van der Waals surface area contributed by atoms with Gasteiger partial charge in [-0.2, -0.15) is 0 Å². The number of aryl methyl sites for hydroxylation is 1. The fraction of sp³-hybridized carbons (Fsp3) is 0.235. The van der Waals surface area contributed by atoms with Crippen molar-refractivity contribution in [2.24, 2.45) is 0 Å². The van der Waals surface area contributed by atoms with Crippen molar-refractivity contribution in [3.8, 4) is 0 Å². The summed E-state index contributed by atoms with van der Waals surface area (Å²) in [7, 11) is 1.59. The predicted octanol–water partition coefficient (Wildman–Crippen LogP) is 4.18. The molecule has 2 N–H and O–H groups in total. The van der Waals surface area contributed by atoms with Gasteiger partial charge in [0.05, 0.1) is 10.6 Å². The molecule has 0 aromatic heterocycles. The minimum atomic E-state index is -0.188. The molecule has 4 heteroatoms. The van der Waals surface area contributed by atoms with E-state index in [9.17, 15) is 4.79 Å². The summed E-state index contributed by atoms with van der Waals surface area (Å²) in [6.07, 6.45) is 0. The van der Waals surface area contributed by atoms with Gasteiger partial charge in [0.1, 0.15) is 0 Å². The van der Waals surface area contributed by atoms with E-state index in [1.54, 1.807) is 19.2 Å². The van der Waals surface area contributed by atoms with Crippen molar-refractivity contribution >= 4 is 23.2 Å². The van der Waals surface area contributed by atoms with Gasteiger partial charge in [0.15, 0.2) is 0 Å². The Morgan fingerprint density at radius 1 is 1.19 bits per heavy atom. The van der Waals surface area contributed by atoms with Gasteiger partial charge in [0.25, 0.3) is 5.91 Å². The zero-order valence-corrected chi connectivity index (χ0v) is 13.2. The van der Waals surface area contributed by atoms with E-state index in [1.807, 2.05) is 18.2 Å². The molecule has 0 saturated heterocycles. The third-order valence-corrected chi connectivity index (χ3v) is 3.81. The van der Waals surface area contributed by atoms with Crippen LogP contribution in [0.5, 0.6) is 0 Å². The van der Waals surface area contributed by atoms with Gasteiger partial charge in [0.2, 0.25) is 0 Å². The lowest BCUT2D eigenvalue weighted by molar-refractivity contribution is 0.0963. The van der Waals surface area contributed by atoms with Gasteiger partial charge in [0, 0.05) is 18.8 Å². The molecule has 0 aliphatic carbocycles. The monoisotopic (exact) mass is 302 g/mol. The van der Waals surface area contributed by atoms with Crippen LogP contribution in [0.2, 0.25) is 5.02 Å². The molecule has 0 aliphatic heterocycles. The molecule has 0 fully saturated rings. The highest BCUT2D eigenvalue weighted by molar-refractivity contribution is 6.34. The Morgan fingerprint density at radius 2 is 1.90 bits per heavy atom. The summed E-state index contributed by atoms with van der Waals surface area (Å²) in [6.45, 7) is 4.18. The number of amides is 1. The standard InChI is InChI=1S/C17H19ClN2O/c1-11-6-4-5-7-14(11)12(2)20-13-8-9-16(18)15(10-13)17(21)19-3/h4-10,12,20H,1-3H3,(H,19,21). The lowest BCUT2D eigenvalue weighted by atomic mass is 10.0. The molecule has 1 amide bonds. The molecule has 2 rings (SSSR count). The first kappa shape index (κ1) is 15.4. The van der Waals surface area contributed by atoms with Crippen molar-refractivity contribution in [2.75, 3.05) is 12.4 Å². The summed E-state index contributed by atoms with van der Waals surface area (Å²) in [5.41, 5.74) is 3.81. The molecule has 0 saturated carbocycles. The Morgan fingerprint density at radius 3 is 2.57 bits per heavy atom. The molecule has 1 atom stereocenters. The van der Waals surface area contributed by atoms with E-state index in [1.165, 1.54) is 11.1 Å². The number of carbonyl (C=O) groups is 1. The molecule has 3 nitrogen and oxygen atoms in total. The molecule has 2 aromatic rings. The highest BCUT2D eigenvalue weighted by Crippen LogP contribution is 2.25. The highest BCUT2D eigenvalue weighted by atomic mass is 35.5. The first-order valence-corrected chi connectivity index (χ1v) is 7.24. The van der Waals surface area contributed by atoms with Crippen LogP contribution in [0.4, 0.5) is 5.69 Å². The van der Waals surface area contributed by atoms with Crippen molar-refractivity contribution in [2.45, 2.75) is 19.9 Å². The zero-order chi connectivity index (χ0) is 15.4. The molecule has 0 radical (unpaired) electrons. The van der Waals surface area contributed by atoms with Crippen LogP contribution < -0.4 is 10.6 Å². The number of hydrogen-bond acceptors (Lipinski definition) is 2. The van der Waals surface area contributed by atoms with Gasteiger partial charge in [-0.3, -0.25) is 4.79 Å². The fourth-order valence-corrected chi connectivity index (χ4v) is 2.53. The molecule has 0 spiro atoms. The van der Waals surface area contributed by atoms with Crippen LogP contribution in [0.15, 0.2) is 42.5 Å². The van der Waals surface area contributed by atoms with E-state index in [2.05, 4.69) is 36.6 Å². The molecular formula is C17H19ClN2O. The van der Waals surface area contributed by atoms with Crippen LogP contribution in [0.3, 0.4) is 0 Å². The van der Waals surface area contributed by atoms with Crippen LogP contribution in [0, 0.1) is 6.92 Å². The van der Waals surface area contributed by atoms with Gasteiger partial charge in [-0.15, -0.1) is 0 Å². The molecule has 110 valence electrons. The summed E-state index contributed by atoms with van der Waals surface area (Å²) >= 11 is 6.06. The number of carbonyl (C=O) groups excluding carboxylic acids is 1. The van der Waals surface area contributed by atoms with Crippen LogP contribution in [0.1, 0.15) is 34.5 Å². The first-order chi connectivity index (χ1) is 10.0. The number of nitrogens with one attached hydrogen (secondary N) is 2. The Bertz CT molecular complexity index is 655. The molecule has 0 aliphatic rings. The lowest BCUT2D eigenvalue weighted by Crippen LogP contribution is -2.18. The number of anilines is 1. The van der Waals surface area contributed by atoms with Gasteiger partial charge < -0.3 is 10.6 Å². The summed E-state index contributed by atoms with van der Waals surface area (Å²) in [6, 6.07) is 13.8. The van der Waals surface area contributed by atoms with Gasteiger partial charge in [-0.1, -0.05) is 35.9 Å². The number of rotatable bonds is 4. The third kappa shape index (κ3) is 3.56. The van der Waals surface area contributed by atoms with E-state index in [0.717, 1.165) is 5.69 Å². The van der Waals surface area contributed by atoms with E-state index in [4.69, 9.17) is 11.6 Å². The Hall–Kier alpha value is -2.00. The summed E-state index contributed by atoms with van der Waals surface area (Å²) in [5, 5.41) is 6.45. The second kappa shape index (κ2) is 6.64. The maximum Gasteiger partial charge on any atom is 0.252 e. The Balaban J connectivity index is 2.24. The summed E-state index contributed by atoms with van der Waals surface area (Å²) in [4.78, 5) is 11.8.